The van der Waals surface area contributed by atoms with Gasteiger partial charge in [0, 0.05) is 0 Å². The minimum atomic E-state index is -2.97. The van der Waals surface area contributed by atoms with Gasteiger partial charge in [-0.2, -0.15) is 0 Å². The van der Waals surface area contributed by atoms with E-state index in [1.165, 1.54) is 0 Å². The molecule has 0 spiro atoms. The molecule has 4 heterocycles. The fourth-order valence-electron chi connectivity index (χ4n) is 1.78. The van der Waals surface area contributed by atoms with Gasteiger partial charge in [-0.15, -0.1) is 0 Å². The highest BCUT2D eigenvalue weighted by molar-refractivity contribution is 6.79. The fraction of sp³-hybridized carbons (Fsp3) is 1.00. The molecule has 0 radical (unpaired) electrons. The highest BCUT2D eigenvalue weighted by Crippen LogP contribution is 2.21. The van der Waals surface area contributed by atoms with Gasteiger partial charge in [0.05, 0.1) is 0 Å². The number of hydrogen-bond acceptors (Lipinski definition) is 12. The molecular formula is CH12O12Si8. The zero-order valence-electron chi connectivity index (χ0n) is 10.6. The van der Waals surface area contributed by atoms with E-state index in [9.17, 15) is 4.80 Å². The van der Waals surface area contributed by atoms with Gasteiger partial charge in [-0.1, -0.05) is 0 Å². The van der Waals surface area contributed by atoms with Gasteiger partial charge in [0.25, 0.3) is 0 Å². The molecule has 0 amide bonds. The van der Waals surface area contributed by atoms with Crippen molar-refractivity contribution in [1.82, 2.24) is 0 Å². The first-order chi connectivity index (χ1) is 10.1. The number of fused-ring (bicyclic) bond motifs is 4. The molecule has 4 atom stereocenters. The lowest BCUT2D eigenvalue weighted by atomic mass is 11.9. The molecule has 21 heavy (non-hydrogen) atoms. The van der Waals surface area contributed by atoms with Crippen molar-refractivity contribution in [3.05, 3.63) is 0 Å². The van der Waals surface area contributed by atoms with E-state index >= 15 is 0 Å². The second kappa shape index (κ2) is 6.63. The Morgan fingerprint density at radius 1 is 0.476 bits per heavy atom. The first-order valence-corrected chi connectivity index (χ1v) is 18.1. The Hall–Kier alpha value is 1.26. The maximum Gasteiger partial charge on any atom is 0.466 e. The second-order valence-electron chi connectivity index (χ2n) is 4.10. The van der Waals surface area contributed by atoms with Crippen LogP contribution < -0.4 is 0 Å². The number of rotatable bonds is 0. The van der Waals surface area contributed by atoms with E-state index in [0.717, 1.165) is 0 Å². The lowest BCUT2D eigenvalue weighted by Crippen LogP contribution is -2.64. The van der Waals surface area contributed by atoms with E-state index in [1.54, 1.807) is 0 Å². The summed E-state index contributed by atoms with van der Waals surface area (Å²) in [5, 5.41) is 0. The van der Waals surface area contributed by atoms with Crippen molar-refractivity contribution in [2.45, 2.75) is 6.55 Å². The van der Waals surface area contributed by atoms with Crippen LogP contribution in [0.25, 0.3) is 0 Å². The van der Waals surface area contributed by atoms with Gasteiger partial charge in [0.2, 0.25) is 0 Å². The van der Waals surface area contributed by atoms with Crippen LogP contribution in [-0.2, 0) is 45.3 Å². The van der Waals surface area contributed by atoms with Crippen molar-refractivity contribution in [1.29, 1.82) is 0 Å². The van der Waals surface area contributed by atoms with E-state index in [-0.39, 0.29) is 0 Å². The second-order valence-corrected chi connectivity index (χ2v) is 21.3. The number of hydrogen-bond donors (Lipinski definition) is 1. The van der Waals surface area contributed by atoms with E-state index < -0.39 is 76.0 Å². The maximum atomic E-state index is 9.82. The maximum absolute atomic E-state index is 9.82. The molecule has 6 bridgehead atoms. The third kappa shape index (κ3) is 3.85. The molecule has 4 rings (SSSR count). The fourth-order valence-corrected chi connectivity index (χ4v) is 27.6. The summed E-state index contributed by atoms with van der Waals surface area (Å²) < 4.78 is 61.8. The van der Waals surface area contributed by atoms with Gasteiger partial charge in [-0.3, -0.25) is 0 Å². The standard InChI is InChI=1S/CH12O12Si8/c1-14-3-16-7-18-5-15(2)6-19-8-17(4-14)10-20(9-16)13-21(11-18)12-19/h2,14-21H,1H3. The van der Waals surface area contributed by atoms with Gasteiger partial charge >= 0.3 is 76.0 Å². The van der Waals surface area contributed by atoms with Crippen LogP contribution in [0, 0.1) is 0 Å². The van der Waals surface area contributed by atoms with Gasteiger partial charge in [0.1, 0.15) is 0 Å². The van der Waals surface area contributed by atoms with Gasteiger partial charge in [0.15, 0.2) is 0 Å². The largest absolute Gasteiger partial charge is 0.466 e. The van der Waals surface area contributed by atoms with Crippen LogP contribution >= 0.6 is 0 Å². The minimum Gasteiger partial charge on any atom is -0.399 e. The molecule has 0 aliphatic carbocycles. The van der Waals surface area contributed by atoms with Gasteiger partial charge < -0.3 is 50.1 Å². The molecule has 0 saturated carbocycles. The molecule has 4 aliphatic rings. The van der Waals surface area contributed by atoms with Crippen molar-refractivity contribution < 1.29 is 50.1 Å². The summed E-state index contributed by atoms with van der Waals surface area (Å²) in [6.45, 7) is 1.82. The van der Waals surface area contributed by atoms with Crippen LogP contribution in [0.15, 0.2) is 0 Å². The average molecular weight is 441 g/mol. The van der Waals surface area contributed by atoms with Crippen molar-refractivity contribution in [2.24, 2.45) is 0 Å². The average Bonchev–Trinajstić information content (AvgIpc) is 2.28. The summed E-state index contributed by atoms with van der Waals surface area (Å²) in [7, 11) is -20.7. The summed E-state index contributed by atoms with van der Waals surface area (Å²) in [5.41, 5.74) is 0. The molecule has 0 aromatic heterocycles. The highest BCUT2D eigenvalue weighted by Gasteiger charge is 2.50. The first-order valence-electron chi connectivity index (χ1n) is 6.02. The van der Waals surface area contributed by atoms with Crippen molar-refractivity contribution in [3.63, 3.8) is 0 Å². The van der Waals surface area contributed by atoms with Crippen molar-refractivity contribution in [3.8, 4) is 0 Å². The Morgan fingerprint density at radius 3 is 1.14 bits per heavy atom. The zero-order chi connectivity index (χ0) is 14.4. The third-order valence-corrected chi connectivity index (χ3v) is 23.5. The summed E-state index contributed by atoms with van der Waals surface area (Å²) in [6, 6.07) is 0. The third-order valence-electron chi connectivity index (χ3n) is 2.62. The highest BCUT2D eigenvalue weighted by atomic mass is 28.6. The van der Waals surface area contributed by atoms with Crippen LogP contribution in [0.1, 0.15) is 0 Å². The summed E-state index contributed by atoms with van der Waals surface area (Å²) in [5.74, 6) is 0. The van der Waals surface area contributed by atoms with Gasteiger partial charge in [-0.25, -0.2) is 0 Å². The molecule has 4 unspecified atom stereocenters. The molecule has 1 N–H and O–H groups in total. The van der Waals surface area contributed by atoms with E-state index in [1.807, 2.05) is 6.55 Å². The Bertz CT molecular complexity index is 317. The normalized spacial score (nSPS) is 54.0. The summed E-state index contributed by atoms with van der Waals surface area (Å²) in [6.07, 6.45) is 0. The first kappa shape index (κ1) is 15.8. The molecule has 12 nitrogen and oxygen atoms in total. The molecule has 0 aromatic carbocycles. The van der Waals surface area contributed by atoms with Gasteiger partial charge in [-0.05, 0) is 6.55 Å². The molecule has 20 heteroatoms. The van der Waals surface area contributed by atoms with Crippen LogP contribution in [0.3, 0.4) is 0 Å². The topological polar surface area (TPSA) is 122 Å². The van der Waals surface area contributed by atoms with E-state index in [2.05, 4.69) is 0 Å². The lowest BCUT2D eigenvalue weighted by molar-refractivity contribution is 0.0692. The molecule has 0 aromatic rings. The molecular weight excluding hydrogens is 429 g/mol. The predicted octanol–water partition coefficient (Wildman–Crippen LogP) is -5.91. The predicted molar refractivity (Wildman–Crippen MR) is 77.2 cm³/mol. The Balaban J connectivity index is 1.66. The van der Waals surface area contributed by atoms with Crippen molar-refractivity contribution >= 4 is 76.0 Å². The SMILES string of the molecule is C[SiH]1O[SiH]2O[SiH]3O[SiH](O)O[SiH]4O[SiH](O1)O[SiH](O2)O[SiH](O3)O4. The molecule has 120 valence electrons. The van der Waals surface area contributed by atoms with Crippen molar-refractivity contribution in [2.75, 3.05) is 0 Å². The Labute approximate surface area is 132 Å². The van der Waals surface area contributed by atoms with E-state index in [0.29, 0.717) is 0 Å². The molecule has 4 aliphatic heterocycles. The summed E-state index contributed by atoms with van der Waals surface area (Å²) >= 11 is 0. The Kier molecular flexibility index (Phi) is 4.98. The van der Waals surface area contributed by atoms with E-state index in [4.69, 9.17) is 45.3 Å². The monoisotopic (exact) mass is 440 g/mol. The lowest BCUT2D eigenvalue weighted by Gasteiger charge is -2.41. The zero-order valence-corrected chi connectivity index (χ0v) is 19.8. The van der Waals surface area contributed by atoms with Crippen LogP contribution in [-0.4, -0.2) is 80.8 Å². The van der Waals surface area contributed by atoms with Crippen LogP contribution in [0.5, 0.6) is 0 Å². The smallest absolute Gasteiger partial charge is 0.399 e. The molecule has 4 fully saturated rings. The minimum absolute atomic E-state index is 1.82. The molecule has 4 saturated heterocycles. The quantitative estimate of drug-likeness (QED) is 0.361. The summed E-state index contributed by atoms with van der Waals surface area (Å²) in [4.78, 5) is 9.82. The van der Waals surface area contributed by atoms with Crippen LogP contribution in [0.2, 0.25) is 6.55 Å². The van der Waals surface area contributed by atoms with Crippen LogP contribution in [0.4, 0.5) is 0 Å². The Morgan fingerprint density at radius 2 is 0.762 bits per heavy atom.